The molecule has 1 saturated carbocycles. The van der Waals surface area contributed by atoms with Crippen molar-refractivity contribution in [1.29, 1.82) is 0 Å². The van der Waals surface area contributed by atoms with E-state index < -0.39 is 34.6 Å². The van der Waals surface area contributed by atoms with Gasteiger partial charge in [-0.3, -0.25) is 9.59 Å². The lowest BCUT2D eigenvalue weighted by Crippen LogP contribution is -2.46. The van der Waals surface area contributed by atoms with Gasteiger partial charge in [-0.05, 0) is 49.9 Å². The number of hydrogen-bond donors (Lipinski definition) is 1. The van der Waals surface area contributed by atoms with Gasteiger partial charge < -0.3 is 10.2 Å². The molecule has 4 rings (SSSR count). The molecule has 0 spiro atoms. The van der Waals surface area contributed by atoms with Crippen molar-refractivity contribution >= 4 is 11.8 Å². The van der Waals surface area contributed by atoms with Crippen molar-refractivity contribution in [2.45, 2.75) is 43.9 Å². The third-order valence-electron chi connectivity index (χ3n) is 6.97. The molecule has 1 N–H and O–H groups in total. The van der Waals surface area contributed by atoms with Crippen molar-refractivity contribution in [2.75, 3.05) is 19.6 Å². The first-order chi connectivity index (χ1) is 15.8. The summed E-state index contributed by atoms with van der Waals surface area (Å²) in [5.41, 5.74) is -0.916. The molecule has 2 aromatic carbocycles. The number of carbonyl (C=O) groups excluding carboxylic acids is 2. The third kappa shape index (κ3) is 4.75. The average molecular weight is 462 g/mol. The molecule has 4 nitrogen and oxygen atoms in total. The summed E-state index contributed by atoms with van der Waals surface area (Å²) in [5, 5.41) is 2.90. The van der Waals surface area contributed by atoms with Gasteiger partial charge in [-0.25, -0.2) is 17.6 Å². The second kappa shape index (κ2) is 9.53. The van der Waals surface area contributed by atoms with Crippen LogP contribution in [0.25, 0.3) is 0 Å². The van der Waals surface area contributed by atoms with E-state index in [2.05, 4.69) is 5.32 Å². The molecule has 0 radical (unpaired) electrons. The summed E-state index contributed by atoms with van der Waals surface area (Å²) in [6.45, 7) is 0.686. The molecule has 2 aromatic rings. The van der Waals surface area contributed by atoms with Crippen LogP contribution in [0.4, 0.5) is 17.6 Å². The second-order valence-corrected chi connectivity index (χ2v) is 8.99. The fraction of sp³-hybridized carbons (Fsp3) is 0.440. The van der Waals surface area contributed by atoms with Crippen LogP contribution in [0.5, 0.6) is 0 Å². The average Bonchev–Trinajstić information content (AvgIpc) is 3.27. The summed E-state index contributed by atoms with van der Waals surface area (Å²) in [6, 6.07) is 6.66. The number of rotatable bonds is 5. The number of benzene rings is 2. The fourth-order valence-electron chi connectivity index (χ4n) is 5.15. The van der Waals surface area contributed by atoms with Crippen LogP contribution < -0.4 is 5.32 Å². The summed E-state index contributed by atoms with van der Waals surface area (Å²) in [6.07, 6.45) is 3.65. The second-order valence-electron chi connectivity index (χ2n) is 8.99. The summed E-state index contributed by atoms with van der Waals surface area (Å²) in [4.78, 5) is 26.8. The minimum atomic E-state index is -0.915. The predicted molar refractivity (Wildman–Crippen MR) is 114 cm³/mol. The lowest BCUT2D eigenvalue weighted by molar-refractivity contribution is -0.126. The van der Waals surface area contributed by atoms with Crippen LogP contribution in [0, 0.1) is 29.2 Å². The van der Waals surface area contributed by atoms with Crippen molar-refractivity contribution < 1.29 is 27.2 Å². The Morgan fingerprint density at radius 3 is 2.18 bits per heavy atom. The molecular formula is C25H26F4N2O2. The molecule has 176 valence electrons. The van der Waals surface area contributed by atoms with Crippen LogP contribution in [0.1, 0.15) is 54.4 Å². The number of hydrogen-bond acceptors (Lipinski definition) is 2. The quantitative estimate of drug-likeness (QED) is 0.654. The van der Waals surface area contributed by atoms with E-state index in [4.69, 9.17) is 0 Å². The van der Waals surface area contributed by atoms with Crippen molar-refractivity contribution in [2.24, 2.45) is 5.92 Å². The Morgan fingerprint density at radius 2 is 1.58 bits per heavy atom. The van der Waals surface area contributed by atoms with Gasteiger partial charge in [-0.15, -0.1) is 0 Å². The predicted octanol–water partition coefficient (Wildman–Crippen LogP) is 4.72. The zero-order chi connectivity index (χ0) is 23.6. The third-order valence-corrected chi connectivity index (χ3v) is 6.97. The minimum Gasteiger partial charge on any atom is -0.355 e. The lowest BCUT2D eigenvalue weighted by Gasteiger charge is -2.34. The highest BCUT2D eigenvalue weighted by Crippen LogP contribution is 2.43. The fourth-order valence-corrected chi connectivity index (χ4v) is 5.15. The Morgan fingerprint density at radius 1 is 0.939 bits per heavy atom. The largest absolute Gasteiger partial charge is 0.355 e. The summed E-state index contributed by atoms with van der Waals surface area (Å²) in [5.74, 6) is -3.95. The molecule has 2 aliphatic rings. The van der Waals surface area contributed by atoms with Gasteiger partial charge in [-0.1, -0.05) is 18.9 Å². The standard InChI is InChI=1S/C25H26F4N2O2/c26-17-6-7-18(21(29)14-17)24(33)31-12-8-16(9-13-31)23(32)30-15-25(10-1-2-11-25)22-19(27)4-3-5-20(22)28/h3-7,14,16H,1-2,8-13,15H2,(H,30,32). The summed E-state index contributed by atoms with van der Waals surface area (Å²) < 4.78 is 56.0. The molecule has 1 aliphatic heterocycles. The van der Waals surface area contributed by atoms with E-state index in [-0.39, 0.29) is 42.6 Å². The minimum absolute atomic E-state index is 0.0459. The van der Waals surface area contributed by atoms with Crippen LogP contribution in [-0.2, 0) is 10.2 Å². The zero-order valence-electron chi connectivity index (χ0n) is 18.2. The van der Waals surface area contributed by atoms with Gasteiger partial charge >= 0.3 is 0 Å². The van der Waals surface area contributed by atoms with Crippen LogP contribution >= 0.6 is 0 Å². The summed E-state index contributed by atoms with van der Waals surface area (Å²) >= 11 is 0. The molecule has 0 aromatic heterocycles. The summed E-state index contributed by atoms with van der Waals surface area (Å²) in [7, 11) is 0. The van der Waals surface area contributed by atoms with Crippen LogP contribution in [0.2, 0.25) is 0 Å². The number of likely N-dealkylation sites (tertiary alicyclic amines) is 1. The molecule has 33 heavy (non-hydrogen) atoms. The van der Waals surface area contributed by atoms with Crippen LogP contribution in [0.15, 0.2) is 36.4 Å². The number of piperidine rings is 1. The van der Waals surface area contributed by atoms with E-state index in [1.54, 1.807) is 0 Å². The van der Waals surface area contributed by atoms with Gasteiger partial charge in [0, 0.05) is 42.6 Å². The number of nitrogens with one attached hydrogen (secondary N) is 1. The van der Waals surface area contributed by atoms with Gasteiger partial charge in [0.25, 0.3) is 5.91 Å². The lowest BCUT2D eigenvalue weighted by atomic mass is 9.78. The van der Waals surface area contributed by atoms with Crippen molar-refractivity contribution in [3.63, 3.8) is 0 Å². The zero-order valence-corrected chi connectivity index (χ0v) is 18.2. The number of halogens is 4. The molecule has 8 heteroatoms. The molecule has 2 amide bonds. The van der Waals surface area contributed by atoms with Crippen LogP contribution in [-0.4, -0.2) is 36.3 Å². The van der Waals surface area contributed by atoms with E-state index in [1.807, 2.05) is 0 Å². The normalized spacial score (nSPS) is 18.4. The van der Waals surface area contributed by atoms with Gasteiger partial charge in [0.1, 0.15) is 23.3 Å². The van der Waals surface area contributed by atoms with Gasteiger partial charge in [0.2, 0.25) is 5.91 Å². The van der Waals surface area contributed by atoms with Crippen molar-refractivity contribution in [3.8, 4) is 0 Å². The smallest absolute Gasteiger partial charge is 0.256 e. The Kier molecular flexibility index (Phi) is 6.72. The molecule has 0 unspecified atom stereocenters. The first kappa shape index (κ1) is 23.3. The van der Waals surface area contributed by atoms with E-state index in [9.17, 15) is 27.2 Å². The molecule has 1 aliphatic carbocycles. The van der Waals surface area contributed by atoms with E-state index in [1.165, 1.54) is 23.1 Å². The van der Waals surface area contributed by atoms with Crippen molar-refractivity contribution in [3.05, 3.63) is 70.8 Å². The Hall–Kier alpha value is -2.90. The maximum Gasteiger partial charge on any atom is 0.256 e. The number of nitrogens with zero attached hydrogens (tertiary/aromatic N) is 1. The maximum atomic E-state index is 14.5. The molecule has 1 heterocycles. The Labute approximate surface area is 190 Å². The molecule has 1 saturated heterocycles. The highest BCUT2D eigenvalue weighted by Gasteiger charge is 2.40. The van der Waals surface area contributed by atoms with Crippen molar-refractivity contribution in [1.82, 2.24) is 10.2 Å². The van der Waals surface area contributed by atoms with Gasteiger partial charge in [-0.2, -0.15) is 0 Å². The topological polar surface area (TPSA) is 49.4 Å². The van der Waals surface area contributed by atoms with Gasteiger partial charge in [0.15, 0.2) is 0 Å². The van der Waals surface area contributed by atoms with Crippen LogP contribution in [0.3, 0.4) is 0 Å². The maximum absolute atomic E-state index is 14.5. The van der Waals surface area contributed by atoms with E-state index >= 15 is 0 Å². The SMILES string of the molecule is O=C(NCC1(c2c(F)cccc2F)CCCC1)C1CCN(C(=O)c2ccc(F)cc2F)CC1. The van der Waals surface area contributed by atoms with E-state index in [0.717, 1.165) is 25.0 Å². The number of amides is 2. The highest BCUT2D eigenvalue weighted by atomic mass is 19.1. The van der Waals surface area contributed by atoms with E-state index in [0.29, 0.717) is 31.7 Å². The first-order valence-electron chi connectivity index (χ1n) is 11.3. The highest BCUT2D eigenvalue weighted by molar-refractivity contribution is 5.94. The number of carbonyl (C=O) groups is 2. The molecular weight excluding hydrogens is 436 g/mol. The monoisotopic (exact) mass is 462 g/mol. The molecule has 0 atom stereocenters. The first-order valence-corrected chi connectivity index (χ1v) is 11.3. The molecule has 0 bridgehead atoms. The molecule has 2 fully saturated rings. The Balaban J connectivity index is 1.37. The van der Waals surface area contributed by atoms with Gasteiger partial charge in [0.05, 0.1) is 5.56 Å². The Bertz CT molecular complexity index is 1020.